The van der Waals surface area contributed by atoms with Gasteiger partial charge in [-0.2, -0.15) is 0 Å². The zero-order valence-electron chi connectivity index (χ0n) is 13.1. The number of esters is 1. The molecule has 1 aromatic rings. The summed E-state index contributed by atoms with van der Waals surface area (Å²) in [5, 5.41) is 0. The molecule has 0 radical (unpaired) electrons. The normalized spacial score (nSPS) is 15.6. The lowest BCUT2D eigenvalue weighted by Crippen LogP contribution is -2.23. The van der Waals surface area contributed by atoms with Crippen LogP contribution >= 0.6 is 0 Å². The fourth-order valence-corrected chi connectivity index (χ4v) is 2.50. The number of hydrogen-bond donors (Lipinski definition) is 0. The molecule has 0 atom stereocenters. The van der Waals surface area contributed by atoms with Crippen molar-refractivity contribution in [1.82, 2.24) is 0 Å². The maximum Gasteiger partial charge on any atom is 0.316 e. The molecule has 1 aliphatic rings. The maximum absolute atomic E-state index is 12.4. The van der Waals surface area contributed by atoms with E-state index in [2.05, 4.69) is 0 Å². The zero-order valence-corrected chi connectivity index (χ0v) is 13.1. The van der Waals surface area contributed by atoms with Crippen molar-refractivity contribution in [3.63, 3.8) is 0 Å². The van der Waals surface area contributed by atoms with Gasteiger partial charge in [0.15, 0.2) is 0 Å². The highest BCUT2D eigenvalue weighted by molar-refractivity contribution is 5.86. The van der Waals surface area contributed by atoms with E-state index in [1.54, 1.807) is 14.2 Å². The average Bonchev–Trinajstić information content (AvgIpc) is 3.29. The second-order valence-electron chi connectivity index (χ2n) is 5.60. The van der Waals surface area contributed by atoms with Gasteiger partial charge in [0.1, 0.15) is 5.75 Å². The van der Waals surface area contributed by atoms with Crippen LogP contribution in [0.1, 0.15) is 36.8 Å². The molecule has 0 bridgehead atoms. The third-order valence-corrected chi connectivity index (χ3v) is 4.08. The van der Waals surface area contributed by atoms with Gasteiger partial charge in [-0.15, -0.1) is 0 Å². The van der Waals surface area contributed by atoms with E-state index < -0.39 is 5.41 Å². The fourth-order valence-electron chi connectivity index (χ4n) is 2.50. The molecule has 0 unspecified atom stereocenters. The minimum absolute atomic E-state index is 0.106. The van der Waals surface area contributed by atoms with Gasteiger partial charge in [0.2, 0.25) is 0 Å². The molecule has 0 heterocycles. The Hall–Kier alpha value is -1.55. The van der Waals surface area contributed by atoms with Crippen LogP contribution in [0, 0.1) is 6.92 Å². The second-order valence-corrected chi connectivity index (χ2v) is 5.60. The topological polar surface area (TPSA) is 44.8 Å². The van der Waals surface area contributed by atoms with Crippen molar-refractivity contribution in [2.45, 2.75) is 38.0 Å². The Morgan fingerprint density at radius 2 is 1.90 bits per heavy atom. The molecule has 0 N–H and O–H groups in total. The average molecular weight is 292 g/mol. The van der Waals surface area contributed by atoms with E-state index in [9.17, 15) is 4.79 Å². The van der Waals surface area contributed by atoms with E-state index in [-0.39, 0.29) is 5.97 Å². The van der Waals surface area contributed by atoms with E-state index in [1.165, 1.54) is 0 Å². The van der Waals surface area contributed by atoms with Crippen LogP contribution in [0.15, 0.2) is 18.2 Å². The Morgan fingerprint density at radius 3 is 2.52 bits per heavy atom. The fraction of sp³-hybridized carbons (Fsp3) is 0.588. The highest BCUT2D eigenvalue weighted by atomic mass is 16.5. The highest BCUT2D eigenvalue weighted by Crippen LogP contribution is 2.50. The predicted octanol–water partition coefficient (Wildman–Crippen LogP) is 3.01. The number of benzene rings is 1. The third-order valence-electron chi connectivity index (χ3n) is 4.08. The summed E-state index contributed by atoms with van der Waals surface area (Å²) in [5.41, 5.74) is 1.64. The molecular formula is C17H24O4. The summed E-state index contributed by atoms with van der Waals surface area (Å²) in [6.07, 6.45) is 3.47. The summed E-state index contributed by atoms with van der Waals surface area (Å²) in [4.78, 5) is 12.4. The van der Waals surface area contributed by atoms with Crippen molar-refractivity contribution < 1.29 is 19.0 Å². The van der Waals surface area contributed by atoms with Crippen LogP contribution in [0.5, 0.6) is 5.75 Å². The lowest BCUT2D eigenvalue weighted by Gasteiger charge is -2.16. The molecule has 4 nitrogen and oxygen atoms in total. The number of carbonyl (C=O) groups is 1. The number of ether oxygens (including phenoxy) is 3. The molecule has 2 rings (SSSR count). The van der Waals surface area contributed by atoms with Crippen molar-refractivity contribution >= 4 is 5.97 Å². The molecule has 1 saturated carbocycles. The Bertz CT molecular complexity index is 492. The second kappa shape index (κ2) is 6.94. The van der Waals surface area contributed by atoms with Crippen molar-refractivity contribution in [2.75, 3.05) is 27.4 Å². The number of rotatable bonds is 8. The van der Waals surface area contributed by atoms with E-state index in [0.29, 0.717) is 13.2 Å². The van der Waals surface area contributed by atoms with Gasteiger partial charge >= 0.3 is 5.97 Å². The van der Waals surface area contributed by atoms with E-state index in [1.807, 2.05) is 25.1 Å². The first kappa shape index (κ1) is 15.8. The molecule has 1 aliphatic carbocycles. The third kappa shape index (κ3) is 3.56. The monoisotopic (exact) mass is 292 g/mol. The molecule has 1 aromatic carbocycles. The first-order valence-electron chi connectivity index (χ1n) is 7.45. The molecular weight excluding hydrogens is 268 g/mol. The molecule has 0 amide bonds. The molecule has 21 heavy (non-hydrogen) atoms. The van der Waals surface area contributed by atoms with E-state index >= 15 is 0 Å². The van der Waals surface area contributed by atoms with Gasteiger partial charge in [-0.05, 0) is 49.8 Å². The minimum atomic E-state index is -0.442. The first-order valence-corrected chi connectivity index (χ1v) is 7.45. The number of methoxy groups -OCH3 is 2. The lowest BCUT2D eigenvalue weighted by atomic mass is 9.95. The van der Waals surface area contributed by atoms with Gasteiger partial charge in [-0.3, -0.25) is 4.79 Å². The number of unbranched alkanes of at least 4 members (excludes halogenated alkanes) is 1. The largest absolute Gasteiger partial charge is 0.496 e. The quantitative estimate of drug-likeness (QED) is 0.546. The summed E-state index contributed by atoms with van der Waals surface area (Å²) in [6, 6.07) is 5.98. The van der Waals surface area contributed by atoms with E-state index in [0.717, 1.165) is 42.6 Å². The van der Waals surface area contributed by atoms with Gasteiger partial charge in [-0.25, -0.2) is 0 Å². The molecule has 116 valence electrons. The van der Waals surface area contributed by atoms with Crippen LogP contribution in [0.25, 0.3) is 0 Å². The molecule has 0 aliphatic heterocycles. The molecule has 0 aromatic heterocycles. The number of aryl methyl sites for hydroxylation is 1. The van der Waals surface area contributed by atoms with Crippen LogP contribution in [0.2, 0.25) is 0 Å². The lowest BCUT2D eigenvalue weighted by molar-refractivity contribution is -0.147. The van der Waals surface area contributed by atoms with Gasteiger partial charge in [-0.1, -0.05) is 12.1 Å². The zero-order chi connectivity index (χ0) is 15.3. The summed E-state index contributed by atoms with van der Waals surface area (Å²) < 4.78 is 15.8. The summed E-state index contributed by atoms with van der Waals surface area (Å²) in [7, 11) is 3.33. The summed E-state index contributed by atoms with van der Waals surface area (Å²) in [5.74, 6) is 0.720. The number of hydrogen-bond acceptors (Lipinski definition) is 4. The van der Waals surface area contributed by atoms with Gasteiger partial charge in [0.05, 0.1) is 19.1 Å². The Balaban J connectivity index is 1.96. The maximum atomic E-state index is 12.4. The molecule has 0 spiro atoms. The Kier molecular flexibility index (Phi) is 5.23. The Labute approximate surface area is 126 Å². The Morgan fingerprint density at radius 1 is 1.19 bits per heavy atom. The molecule has 0 saturated heterocycles. The molecule has 1 fully saturated rings. The van der Waals surface area contributed by atoms with Crippen molar-refractivity contribution in [3.05, 3.63) is 29.3 Å². The van der Waals surface area contributed by atoms with Crippen LogP contribution in [0.4, 0.5) is 0 Å². The van der Waals surface area contributed by atoms with Gasteiger partial charge < -0.3 is 14.2 Å². The summed E-state index contributed by atoms with van der Waals surface area (Å²) in [6.45, 7) is 3.17. The molecule has 4 heteroatoms. The number of carbonyl (C=O) groups excluding carboxylic acids is 1. The standard InChI is InChI=1S/C17H24O4/c1-13-6-7-14(12-15(13)20-3)17(8-9-17)16(18)21-11-5-4-10-19-2/h6-7,12H,4-5,8-11H2,1-3H3. The first-order chi connectivity index (χ1) is 10.1. The van der Waals surface area contributed by atoms with Crippen LogP contribution in [-0.4, -0.2) is 33.4 Å². The van der Waals surface area contributed by atoms with Gasteiger partial charge in [0.25, 0.3) is 0 Å². The smallest absolute Gasteiger partial charge is 0.316 e. The van der Waals surface area contributed by atoms with Crippen molar-refractivity contribution in [1.29, 1.82) is 0 Å². The SMILES string of the molecule is COCCCCOC(=O)C1(c2ccc(C)c(OC)c2)CC1. The van der Waals surface area contributed by atoms with Gasteiger partial charge in [0, 0.05) is 13.7 Å². The van der Waals surface area contributed by atoms with Crippen LogP contribution in [-0.2, 0) is 19.7 Å². The van der Waals surface area contributed by atoms with Crippen molar-refractivity contribution in [3.8, 4) is 5.75 Å². The van der Waals surface area contributed by atoms with Crippen LogP contribution in [0.3, 0.4) is 0 Å². The van der Waals surface area contributed by atoms with Crippen molar-refractivity contribution in [2.24, 2.45) is 0 Å². The predicted molar refractivity (Wildman–Crippen MR) is 80.7 cm³/mol. The van der Waals surface area contributed by atoms with E-state index in [4.69, 9.17) is 14.2 Å². The highest BCUT2D eigenvalue weighted by Gasteiger charge is 2.53. The summed E-state index contributed by atoms with van der Waals surface area (Å²) >= 11 is 0. The minimum Gasteiger partial charge on any atom is -0.496 e. The van der Waals surface area contributed by atoms with Crippen LogP contribution < -0.4 is 4.74 Å².